The lowest BCUT2D eigenvalue weighted by molar-refractivity contribution is -0.142. The average molecular weight is 538 g/mol. The van der Waals surface area contributed by atoms with Gasteiger partial charge in [-0.2, -0.15) is 5.26 Å². The van der Waals surface area contributed by atoms with Gasteiger partial charge in [0.2, 0.25) is 0 Å². The Kier molecular flexibility index (Phi) is 5.99. The molecule has 0 aliphatic heterocycles. The van der Waals surface area contributed by atoms with Gasteiger partial charge in [-0.25, -0.2) is 4.79 Å². The van der Waals surface area contributed by atoms with E-state index in [1.54, 1.807) is 6.08 Å². The topological polar surface area (TPSA) is 53.3 Å². The number of anilines is 1. The van der Waals surface area contributed by atoms with Crippen molar-refractivity contribution in [2.45, 2.75) is 6.10 Å². The minimum Gasteiger partial charge on any atom is -0.448 e. The minimum atomic E-state index is -0.650. The summed E-state index contributed by atoms with van der Waals surface area (Å²) in [5.74, 6) is -0.650. The molecule has 0 N–H and O–H groups in total. The summed E-state index contributed by atoms with van der Waals surface area (Å²) < 4.78 is 7.68. The van der Waals surface area contributed by atoms with Crippen LogP contribution in [-0.2, 0) is 9.53 Å². The molecule has 4 nitrogen and oxygen atoms in total. The third-order valence-corrected chi connectivity index (χ3v) is 6.15. The molecule has 31 heavy (non-hydrogen) atoms. The summed E-state index contributed by atoms with van der Waals surface area (Å²) in [4.78, 5) is 14.9. The number of rotatable bonds is 4. The molecule has 0 radical (unpaired) electrons. The van der Waals surface area contributed by atoms with Gasteiger partial charge >= 0.3 is 5.97 Å². The van der Waals surface area contributed by atoms with Crippen molar-refractivity contribution in [3.63, 3.8) is 0 Å². The lowest BCUT2D eigenvalue weighted by Gasteiger charge is -2.15. The third kappa shape index (κ3) is 4.30. The molecule has 0 aromatic heterocycles. The highest BCUT2D eigenvalue weighted by atomic mass is 79.9. The minimum absolute atomic E-state index is 0.0439. The number of fused-ring (bicyclic) bond motifs is 3. The van der Waals surface area contributed by atoms with E-state index in [9.17, 15) is 10.1 Å². The van der Waals surface area contributed by atoms with Gasteiger partial charge in [0.1, 0.15) is 11.6 Å². The molecule has 0 unspecified atom stereocenters. The van der Waals surface area contributed by atoms with Gasteiger partial charge in [-0.15, -0.1) is 0 Å². The zero-order chi connectivity index (χ0) is 22.1. The number of halogens is 2. The Bertz CT molecular complexity index is 1190. The summed E-state index contributed by atoms with van der Waals surface area (Å²) in [5.41, 5.74) is 5.57. The summed E-state index contributed by atoms with van der Waals surface area (Å²) in [6.45, 7) is 0. The van der Waals surface area contributed by atoms with Crippen LogP contribution in [0, 0.1) is 11.3 Å². The van der Waals surface area contributed by atoms with Crippen LogP contribution < -0.4 is 4.90 Å². The van der Waals surface area contributed by atoms with E-state index in [4.69, 9.17) is 4.74 Å². The van der Waals surface area contributed by atoms with Crippen LogP contribution in [0.1, 0.15) is 22.8 Å². The number of nitriles is 1. The molecule has 0 amide bonds. The van der Waals surface area contributed by atoms with Crippen molar-refractivity contribution in [3.8, 4) is 17.2 Å². The Morgan fingerprint density at radius 3 is 2.00 bits per heavy atom. The predicted molar refractivity (Wildman–Crippen MR) is 130 cm³/mol. The number of carbonyl (C=O) groups is 1. The first-order chi connectivity index (χ1) is 14.9. The van der Waals surface area contributed by atoms with Gasteiger partial charge < -0.3 is 9.64 Å². The van der Waals surface area contributed by atoms with E-state index in [2.05, 4.69) is 31.9 Å². The molecule has 3 aromatic carbocycles. The van der Waals surface area contributed by atoms with E-state index in [1.165, 1.54) is 0 Å². The summed E-state index contributed by atoms with van der Waals surface area (Å²) in [6, 6.07) is 21.5. The van der Waals surface area contributed by atoms with Gasteiger partial charge in [0.15, 0.2) is 6.10 Å². The Balaban J connectivity index is 1.66. The Labute approximate surface area is 198 Å². The van der Waals surface area contributed by atoms with E-state index in [0.29, 0.717) is 0 Å². The van der Waals surface area contributed by atoms with E-state index in [1.807, 2.05) is 85.7 Å². The second-order valence-corrected chi connectivity index (χ2v) is 9.24. The highest BCUT2D eigenvalue weighted by Gasteiger charge is 2.32. The first-order valence-electron chi connectivity index (χ1n) is 9.57. The quantitative estimate of drug-likeness (QED) is 0.216. The molecule has 0 saturated carbocycles. The third-order valence-electron chi connectivity index (χ3n) is 5.17. The molecule has 4 rings (SSSR count). The van der Waals surface area contributed by atoms with Gasteiger partial charge in [-0.1, -0.05) is 56.1 Å². The largest absolute Gasteiger partial charge is 0.448 e. The molecule has 0 atom stereocenters. The fraction of sp³-hybridized carbons (Fsp3) is 0.120. The standard InChI is InChI=1S/C25H18Br2N2O2/c1-29(2)19-7-3-15(4-8-19)11-16(14-28)25(30)31-24-22-12-17(26)5-9-20(22)21-10-6-18(27)13-23(21)24/h3-13,24H,1-2H3/b16-11+. The molecular formula is C25H18Br2N2O2. The molecular weight excluding hydrogens is 520 g/mol. The second kappa shape index (κ2) is 8.70. The Morgan fingerprint density at radius 2 is 1.52 bits per heavy atom. The maximum atomic E-state index is 13.0. The average Bonchev–Trinajstić information content (AvgIpc) is 3.04. The molecule has 3 aromatic rings. The van der Waals surface area contributed by atoms with Crippen molar-refractivity contribution >= 4 is 49.6 Å². The van der Waals surface area contributed by atoms with Crippen molar-refractivity contribution in [2.24, 2.45) is 0 Å². The van der Waals surface area contributed by atoms with Crippen LogP contribution in [0.5, 0.6) is 0 Å². The van der Waals surface area contributed by atoms with Crippen LogP contribution >= 0.6 is 31.9 Å². The molecule has 1 aliphatic rings. The lowest BCUT2D eigenvalue weighted by atomic mass is 10.1. The first-order valence-corrected chi connectivity index (χ1v) is 11.2. The lowest BCUT2D eigenvalue weighted by Crippen LogP contribution is -2.12. The Hall–Kier alpha value is -2.88. The highest BCUT2D eigenvalue weighted by molar-refractivity contribution is 9.10. The van der Waals surface area contributed by atoms with E-state index < -0.39 is 12.1 Å². The second-order valence-electron chi connectivity index (χ2n) is 7.40. The van der Waals surface area contributed by atoms with Gasteiger partial charge in [0, 0.05) is 39.9 Å². The number of nitrogens with zero attached hydrogens (tertiary/aromatic N) is 2. The number of esters is 1. The maximum absolute atomic E-state index is 13.0. The van der Waals surface area contributed by atoms with Crippen molar-refractivity contribution < 1.29 is 9.53 Å². The van der Waals surface area contributed by atoms with E-state index in [0.717, 1.165) is 42.5 Å². The number of carbonyl (C=O) groups excluding carboxylic acids is 1. The molecule has 0 heterocycles. The van der Waals surface area contributed by atoms with Crippen molar-refractivity contribution in [1.29, 1.82) is 5.26 Å². The molecule has 0 bridgehead atoms. The van der Waals surface area contributed by atoms with Crippen LogP contribution in [0.3, 0.4) is 0 Å². The monoisotopic (exact) mass is 536 g/mol. The normalized spacial score (nSPS) is 12.7. The molecule has 0 saturated heterocycles. The first kappa shape index (κ1) is 21.4. The fourth-order valence-corrected chi connectivity index (χ4v) is 4.39. The van der Waals surface area contributed by atoms with Crippen molar-refractivity contribution in [1.82, 2.24) is 0 Å². The molecule has 1 aliphatic carbocycles. The molecule has 0 fully saturated rings. The summed E-state index contributed by atoms with van der Waals surface area (Å²) in [5, 5.41) is 9.61. The van der Waals surface area contributed by atoms with Gasteiger partial charge in [-0.3, -0.25) is 0 Å². The number of hydrogen-bond donors (Lipinski definition) is 0. The maximum Gasteiger partial charge on any atom is 0.349 e. The van der Waals surface area contributed by atoms with Crippen molar-refractivity contribution in [3.05, 3.63) is 91.9 Å². The summed E-state index contributed by atoms with van der Waals surface area (Å²) in [7, 11) is 3.91. The number of ether oxygens (including phenoxy) is 1. The van der Waals surface area contributed by atoms with Crippen LogP contribution in [0.25, 0.3) is 17.2 Å². The SMILES string of the molecule is CN(C)c1ccc(/C=C(\C#N)C(=O)OC2c3cc(Br)ccc3-c3ccc(Br)cc32)cc1. The van der Waals surface area contributed by atoms with Crippen LogP contribution in [0.2, 0.25) is 0 Å². The fourth-order valence-electron chi connectivity index (χ4n) is 3.63. The summed E-state index contributed by atoms with van der Waals surface area (Å²) in [6.07, 6.45) is 0.973. The molecule has 6 heteroatoms. The number of hydrogen-bond acceptors (Lipinski definition) is 4. The van der Waals surface area contributed by atoms with Crippen LogP contribution in [0.15, 0.2) is 75.2 Å². The van der Waals surface area contributed by atoms with Gasteiger partial charge in [-0.05, 0) is 59.2 Å². The van der Waals surface area contributed by atoms with Crippen LogP contribution in [0.4, 0.5) is 5.69 Å². The van der Waals surface area contributed by atoms with Crippen LogP contribution in [-0.4, -0.2) is 20.1 Å². The zero-order valence-corrected chi connectivity index (χ0v) is 20.1. The Morgan fingerprint density at radius 1 is 0.968 bits per heavy atom. The predicted octanol–water partition coefficient (Wildman–Crippen LogP) is 6.50. The molecule has 154 valence electrons. The number of benzene rings is 3. The van der Waals surface area contributed by atoms with Gasteiger partial charge in [0.05, 0.1) is 0 Å². The summed E-state index contributed by atoms with van der Waals surface area (Å²) >= 11 is 7.01. The van der Waals surface area contributed by atoms with Gasteiger partial charge in [0.25, 0.3) is 0 Å². The van der Waals surface area contributed by atoms with Crippen molar-refractivity contribution in [2.75, 3.05) is 19.0 Å². The molecule has 0 spiro atoms. The van der Waals surface area contributed by atoms with E-state index in [-0.39, 0.29) is 5.57 Å². The zero-order valence-electron chi connectivity index (χ0n) is 16.9. The smallest absolute Gasteiger partial charge is 0.349 e. The van der Waals surface area contributed by atoms with E-state index >= 15 is 0 Å². The highest BCUT2D eigenvalue weighted by Crippen LogP contribution is 2.47.